The van der Waals surface area contributed by atoms with Gasteiger partial charge < -0.3 is 0 Å². The van der Waals surface area contributed by atoms with E-state index in [1.54, 1.807) is 12.4 Å². The van der Waals surface area contributed by atoms with Crippen molar-refractivity contribution in [2.75, 3.05) is 0 Å². The second-order valence-corrected chi connectivity index (χ2v) is 4.95. The lowest BCUT2D eigenvalue weighted by Crippen LogP contribution is -1.88. The van der Waals surface area contributed by atoms with Gasteiger partial charge in [-0.1, -0.05) is 36.4 Å². The summed E-state index contributed by atoms with van der Waals surface area (Å²) < 4.78 is 0. The van der Waals surface area contributed by atoms with Crippen molar-refractivity contribution in [3.63, 3.8) is 0 Å². The lowest BCUT2D eigenvalue weighted by Gasteiger charge is -2.04. The van der Waals surface area contributed by atoms with Crippen molar-refractivity contribution in [1.29, 1.82) is 0 Å². The first-order chi connectivity index (χ1) is 10.9. The Balaban J connectivity index is 1.73. The Morgan fingerprint density at radius 1 is 0.591 bits per heavy atom. The number of benzene rings is 2. The molecule has 4 aromatic rings. The summed E-state index contributed by atoms with van der Waals surface area (Å²) in [5.41, 5.74) is 5.80. The van der Waals surface area contributed by atoms with Crippen LogP contribution in [-0.4, -0.2) is 19.9 Å². The lowest BCUT2D eigenvalue weighted by molar-refractivity contribution is 1.17. The third-order valence-corrected chi connectivity index (χ3v) is 3.52. The van der Waals surface area contributed by atoms with E-state index in [2.05, 4.69) is 19.9 Å². The van der Waals surface area contributed by atoms with Crippen LogP contribution in [0, 0.1) is 0 Å². The third-order valence-electron chi connectivity index (χ3n) is 3.52. The summed E-state index contributed by atoms with van der Waals surface area (Å²) in [4.78, 5) is 17.2. The zero-order valence-electron chi connectivity index (χ0n) is 11.7. The molecular weight excluding hydrogens is 272 g/mol. The van der Waals surface area contributed by atoms with Crippen LogP contribution >= 0.6 is 0 Å². The third kappa shape index (κ3) is 2.31. The molecule has 0 fully saturated rings. The Kier molecular flexibility index (Phi) is 3.05. The van der Waals surface area contributed by atoms with Crippen LogP contribution in [0.15, 0.2) is 73.4 Å². The Hall–Kier alpha value is -3.14. The van der Waals surface area contributed by atoms with Crippen molar-refractivity contribution in [2.45, 2.75) is 0 Å². The van der Waals surface area contributed by atoms with E-state index in [-0.39, 0.29) is 0 Å². The van der Waals surface area contributed by atoms with Crippen molar-refractivity contribution >= 4 is 11.0 Å². The van der Waals surface area contributed by atoms with Crippen LogP contribution in [0.1, 0.15) is 0 Å². The van der Waals surface area contributed by atoms with Crippen LogP contribution in [0.5, 0.6) is 0 Å². The number of para-hydroxylation sites is 2. The summed E-state index contributed by atoms with van der Waals surface area (Å²) >= 11 is 0. The van der Waals surface area contributed by atoms with E-state index in [1.807, 2.05) is 54.7 Å². The first-order valence-electron chi connectivity index (χ1n) is 6.98. The summed E-state index contributed by atoms with van der Waals surface area (Å²) in [6.45, 7) is 0. The molecule has 2 heterocycles. The van der Waals surface area contributed by atoms with E-state index in [9.17, 15) is 0 Å². The molecule has 0 amide bonds. The second kappa shape index (κ2) is 5.33. The standard InChI is InChI=1S/C18H12N4/c1-2-4-17-16(3-1)21-11-18(22-17)14-7-5-13(6-8-14)15-9-19-12-20-10-15/h1-12H. The highest BCUT2D eigenvalue weighted by atomic mass is 14.8. The van der Waals surface area contributed by atoms with E-state index in [4.69, 9.17) is 0 Å². The van der Waals surface area contributed by atoms with E-state index >= 15 is 0 Å². The van der Waals surface area contributed by atoms with Crippen LogP contribution in [0.2, 0.25) is 0 Å². The second-order valence-electron chi connectivity index (χ2n) is 4.95. The fraction of sp³-hybridized carbons (Fsp3) is 0. The molecule has 0 saturated heterocycles. The Labute approximate surface area is 127 Å². The van der Waals surface area contributed by atoms with E-state index in [1.165, 1.54) is 6.33 Å². The number of fused-ring (bicyclic) bond motifs is 1. The minimum atomic E-state index is 0.870. The predicted octanol–water partition coefficient (Wildman–Crippen LogP) is 3.75. The fourth-order valence-electron chi connectivity index (χ4n) is 2.38. The van der Waals surface area contributed by atoms with Gasteiger partial charge in [0.25, 0.3) is 0 Å². The normalized spacial score (nSPS) is 10.7. The van der Waals surface area contributed by atoms with E-state index in [0.29, 0.717) is 0 Å². The van der Waals surface area contributed by atoms with Gasteiger partial charge in [0, 0.05) is 23.5 Å². The molecule has 0 radical (unpaired) electrons. The van der Waals surface area contributed by atoms with Gasteiger partial charge in [-0.3, -0.25) is 4.98 Å². The number of rotatable bonds is 2. The molecular formula is C18H12N4. The molecule has 2 aromatic heterocycles. The first kappa shape index (κ1) is 12.6. The molecule has 0 spiro atoms. The van der Waals surface area contributed by atoms with Crippen LogP contribution in [0.4, 0.5) is 0 Å². The molecule has 2 aromatic carbocycles. The highest BCUT2D eigenvalue weighted by Crippen LogP contribution is 2.23. The summed E-state index contributed by atoms with van der Waals surface area (Å²) in [6.07, 6.45) is 6.95. The molecule has 0 aliphatic heterocycles. The van der Waals surface area contributed by atoms with Gasteiger partial charge in [-0.25, -0.2) is 15.0 Å². The van der Waals surface area contributed by atoms with Gasteiger partial charge in [-0.2, -0.15) is 0 Å². The fourth-order valence-corrected chi connectivity index (χ4v) is 2.38. The largest absolute Gasteiger partial charge is 0.252 e. The van der Waals surface area contributed by atoms with Gasteiger partial charge in [0.05, 0.1) is 22.9 Å². The van der Waals surface area contributed by atoms with Crippen LogP contribution < -0.4 is 0 Å². The summed E-state index contributed by atoms with van der Waals surface area (Å²) in [6, 6.07) is 16.1. The van der Waals surface area contributed by atoms with Crippen LogP contribution in [-0.2, 0) is 0 Å². The van der Waals surface area contributed by atoms with Gasteiger partial charge >= 0.3 is 0 Å². The molecule has 0 bridgehead atoms. The molecule has 0 atom stereocenters. The summed E-state index contributed by atoms with van der Waals surface area (Å²) in [7, 11) is 0. The topological polar surface area (TPSA) is 51.6 Å². The Morgan fingerprint density at radius 2 is 1.27 bits per heavy atom. The highest BCUT2D eigenvalue weighted by Gasteiger charge is 2.03. The minimum absolute atomic E-state index is 0.870. The zero-order valence-corrected chi connectivity index (χ0v) is 11.7. The smallest absolute Gasteiger partial charge is 0.115 e. The molecule has 0 unspecified atom stereocenters. The first-order valence-corrected chi connectivity index (χ1v) is 6.98. The van der Waals surface area contributed by atoms with Gasteiger partial charge in [-0.15, -0.1) is 0 Å². The van der Waals surface area contributed by atoms with Gasteiger partial charge in [0.1, 0.15) is 6.33 Å². The minimum Gasteiger partial charge on any atom is -0.252 e. The van der Waals surface area contributed by atoms with Crippen molar-refractivity contribution in [1.82, 2.24) is 19.9 Å². The Morgan fingerprint density at radius 3 is 2.05 bits per heavy atom. The van der Waals surface area contributed by atoms with E-state index in [0.717, 1.165) is 33.4 Å². The number of nitrogens with zero attached hydrogens (tertiary/aromatic N) is 4. The maximum Gasteiger partial charge on any atom is 0.115 e. The molecule has 0 saturated carbocycles. The van der Waals surface area contributed by atoms with Gasteiger partial charge in [-0.05, 0) is 17.7 Å². The van der Waals surface area contributed by atoms with E-state index < -0.39 is 0 Å². The maximum atomic E-state index is 4.66. The summed E-state index contributed by atoms with van der Waals surface area (Å²) in [5, 5.41) is 0. The average molecular weight is 284 g/mol. The van der Waals surface area contributed by atoms with Crippen molar-refractivity contribution in [3.05, 3.63) is 73.4 Å². The molecule has 0 N–H and O–H groups in total. The van der Waals surface area contributed by atoms with Crippen molar-refractivity contribution in [3.8, 4) is 22.4 Å². The predicted molar refractivity (Wildman–Crippen MR) is 86.0 cm³/mol. The molecule has 22 heavy (non-hydrogen) atoms. The molecule has 0 aliphatic carbocycles. The molecule has 4 rings (SSSR count). The van der Waals surface area contributed by atoms with Gasteiger partial charge in [0.2, 0.25) is 0 Å². The highest BCUT2D eigenvalue weighted by molar-refractivity contribution is 5.77. The Bertz CT molecular complexity index is 918. The lowest BCUT2D eigenvalue weighted by atomic mass is 10.1. The number of hydrogen-bond donors (Lipinski definition) is 0. The average Bonchev–Trinajstić information content (AvgIpc) is 2.62. The maximum absolute atomic E-state index is 4.66. The monoisotopic (exact) mass is 284 g/mol. The molecule has 104 valence electrons. The number of hydrogen-bond acceptors (Lipinski definition) is 4. The summed E-state index contributed by atoms with van der Waals surface area (Å²) in [5.74, 6) is 0. The van der Waals surface area contributed by atoms with Crippen molar-refractivity contribution < 1.29 is 0 Å². The quantitative estimate of drug-likeness (QED) is 0.562. The van der Waals surface area contributed by atoms with Crippen LogP contribution in [0.3, 0.4) is 0 Å². The van der Waals surface area contributed by atoms with Crippen LogP contribution in [0.25, 0.3) is 33.4 Å². The number of aromatic nitrogens is 4. The van der Waals surface area contributed by atoms with Crippen molar-refractivity contribution in [2.24, 2.45) is 0 Å². The van der Waals surface area contributed by atoms with Gasteiger partial charge in [0.15, 0.2) is 0 Å². The molecule has 0 aliphatic rings. The molecule has 4 heteroatoms. The zero-order chi connectivity index (χ0) is 14.8. The molecule has 4 nitrogen and oxygen atoms in total. The SMILES string of the molecule is c1ccc2nc(-c3ccc(-c4cncnc4)cc3)cnc2c1.